The average molecular weight is 1270 g/mol. The van der Waals surface area contributed by atoms with Crippen molar-refractivity contribution in [1.29, 1.82) is 0 Å². The Kier molecular flexibility index (Phi) is 25.4. The number of Topliss-reactive ketones (excluding diaryl/α,β-unsaturated/α-hetero) is 1. The van der Waals surface area contributed by atoms with Crippen LogP contribution in [0.25, 0.3) is 11.4 Å². The molecule has 8 amide bonds. The predicted octanol–water partition coefficient (Wildman–Crippen LogP) is 14.2. The number of aryl methyl sites for hydroxylation is 4. The van der Waals surface area contributed by atoms with Crippen LogP contribution in [-0.4, -0.2) is 89.4 Å². The van der Waals surface area contributed by atoms with Crippen molar-refractivity contribution in [2.75, 3.05) is 65.9 Å². The van der Waals surface area contributed by atoms with E-state index in [9.17, 15) is 34.2 Å². The molecule has 19 heteroatoms. The van der Waals surface area contributed by atoms with Crippen LogP contribution in [0.1, 0.15) is 73.9 Å². The molecule has 8 aromatic carbocycles. The van der Waals surface area contributed by atoms with E-state index in [0.29, 0.717) is 61.0 Å². The number of fused-ring (bicyclic) bond motifs is 2. The lowest BCUT2D eigenvalue weighted by Gasteiger charge is -2.14. The number of nitrogens with zero attached hydrogens (tertiary/aromatic N) is 3. The molecule has 10 N–H and O–H groups in total. The number of amides is 8. The average Bonchev–Trinajstić information content (AvgIpc) is 1.70. The number of carbonyl (C=O) groups is 5. The van der Waals surface area contributed by atoms with E-state index in [0.717, 1.165) is 84.6 Å². The zero-order valence-electron chi connectivity index (χ0n) is 53.2. The van der Waals surface area contributed by atoms with E-state index >= 15 is 0 Å². The molecule has 0 unspecified atom stereocenters. The van der Waals surface area contributed by atoms with Gasteiger partial charge in [0.15, 0.2) is 5.78 Å². The predicted molar refractivity (Wildman–Crippen MR) is 374 cm³/mol. The van der Waals surface area contributed by atoms with Crippen LogP contribution >= 0.6 is 11.6 Å². The van der Waals surface area contributed by atoms with E-state index in [4.69, 9.17) is 11.6 Å². The van der Waals surface area contributed by atoms with Gasteiger partial charge in [-0.25, -0.2) is 24.2 Å². The Morgan fingerprint density at radius 1 is 0.495 bits per heavy atom. The first-order valence-electron chi connectivity index (χ1n) is 31.1. The number of phenolic OH excluding ortho intramolecular Hbond substituents is 2. The van der Waals surface area contributed by atoms with E-state index in [1.807, 2.05) is 92.8 Å². The summed E-state index contributed by atoms with van der Waals surface area (Å²) < 4.78 is 2.25. The van der Waals surface area contributed by atoms with E-state index in [1.165, 1.54) is 46.1 Å². The highest BCUT2D eigenvalue weighted by atomic mass is 35.5. The lowest BCUT2D eigenvalue weighted by atomic mass is 10.1. The zero-order valence-corrected chi connectivity index (χ0v) is 54.0. The Hall–Kier alpha value is -10.6. The first-order chi connectivity index (χ1) is 44.9. The summed E-state index contributed by atoms with van der Waals surface area (Å²) in [4.78, 5) is 66.0. The maximum atomic E-state index is 12.2. The molecule has 0 aliphatic carbocycles. The number of ketones is 1. The normalized spacial score (nSPS) is 11.5. The number of phenols is 2. The minimum absolute atomic E-state index is 0.0246. The Bertz CT molecular complexity index is 3950. The Morgan fingerprint density at radius 2 is 0.957 bits per heavy atom. The molecule has 482 valence electrons. The minimum Gasteiger partial charge on any atom is -0.508 e. The van der Waals surface area contributed by atoms with E-state index in [1.54, 1.807) is 54.6 Å². The third-order valence-electron chi connectivity index (χ3n) is 15.4. The number of halogens is 1. The summed E-state index contributed by atoms with van der Waals surface area (Å²) in [5, 5.41) is 41.7. The largest absolute Gasteiger partial charge is 0.508 e. The van der Waals surface area contributed by atoms with Crippen LogP contribution in [0.2, 0.25) is 5.02 Å². The van der Waals surface area contributed by atoms with Crippen LogP contribution in [0.3, 0.4) is 0 Å². The van der Waals surface area contributed by atoms with Crippen LogP contribution in [0.4, 0.5) is 47.6 Å². The van der Waals surface area contributed by atoms with Crippen molar-refractivity contribution in [3.63, 3.8) is 0 Å². The lowest BCUT2D eigenvalue weighted by Crippen LogP contribution is -2.30. The Labute approximate surface area is 549 Å². The second-order valence-corrected chi connectivity index (χ2v) is 23.2. The van der Waals surface area contributed by atoms with Crippen molar-refractivity contribution in [2.24, 2.45) is 0 Å². The van der Waals surface area contributed by atoms with Crippen molar-refractivity contribution in [3.05, 3.63) is 249 Å². The zero-order chi connectivity index (χ0) is 66.1. The van der Waals surface area contributed by atoms with Gasteiger partial charge in [0.25, 0.3) is 0 Å². The van der Waals surface area contributed by atoms with E-state index in [-0.39, 0.29) is 41.4 Å². The first kappa shape index (κ1) is 68.3. The second-order valence-electron chi connectivity index (χ2n) is 22.8. The number of aromatic hydroxyl groups is 2. The fourth-order valence-electron chi connectivity index (χ4n) is 10.3. The fourth-order valence-corrected chi connectivity index (χ4v) is 10.5. The van der Waals surface area contributed by atoms with Crippen molar-refractivity contribution in [2.45, 2.75) is 79.2 Å². The third kappa shape index (κ3) is 22.1. The smallest absolute Gasteiger partial charge is 0.319 e. The molecule has 0 fully saturated rings. The monoisotopic (exact) mass is 1270 g/mol. The molecule has 18 nitrogen and oxygen atoms in total. The summed E-state index contributed by atoms with van der Waals surface area (Å²) in [6, 6.07) is 55.8. The summed E-state index contributed by atoms with van der Waals surface area (Å²) in [7, 11) is 2.08. The summed E-state index contributed by atoms with van der Waals surface area (Å²) in [6.07, 6.45) is 8.17. The van der Waals surface area contributed by atoms with Gasteiger partial charge in [0.1, 0.15) is 17.3 Å². The lowest BCUT2D eigenvalue weighted by molar-refractivity contribution is 0.101. The summed E-state index contributed by atoms with van der Waals surface area (Å²) >= 11 is 6.02. The fraction of sp³-hybridized carbons (Fsp3) is 0.243. The quantitative estimate of drug-likeness (QED) is 0.0367. The van der Waals surface area contributed by atoms with Gasteiger partial charge >= 0.3 is 24.1 Å². The molecule has 11 rings (SSSR count). The number of nitrogens with one attached hydrogen (secondary N) is 8. The second kappa shape index (κ2) is 34.6. The van der Waals surface area contributed by atoms with Crippen LogP contribution in [0.15, 0.2) is 188 Å². The number of urea groups is 4. The molecule has 0 bridgehead atoms. The van der Waals surface area contributed by atoms with Crippen molar-refractivity contribution < 1.29 is 34.2 Å². The highest BCUT2D eigenvalue weighted by Crippen LogP contribution is 2.33. The van der Waals surface area contributed by atoms with Crippen LogP contribution in [-0.2, 0) is 45.1 Å². The summed E-state index contributed by atoms with van der Waals surface area (Å²) in [6.45, 7) is 11.8. The van der Waals surface area contributed by atoms with Gasteiger partial charge in [-0.3, -0.25) is 4.79 Å². The van der Waals surface area contributed by atoms with E-state index < -0.39 is 0 Å². The van der Waals surface area contributed by atoms with Crippen LogP contribution in [0, 0.1) is 20.8 Å². The first-order valence-corrected chi connectivity index (χ1v) is 31.5. The topological polar surface area (TPSA) is 243 Å². The third-order valence-corrected chi connectivity index (χ3v) is 15.8. The highest BCUT2D eigenvalue weighted by Gasteiger charge is 2.20. The van der Waals surface area contributed by atoms with Gasteiger partial charge in [-0.05, 0) is 173 Å². The SMILES string of the molecule is CC(=O)c1cccc(NC(=O)NCCc2ccc(C)cc2)c1.Cc1ccc(CCNC(=O)Nc2cccc3c2CCN3C)cc1.Cc1ccc(Cl)c(NC(=O)NCCc2ccc(O)cc2)c1.O=C(NCCc1ccc(O)cc1)Nc1cccc(-c2ncc3n2CCC3)c1. The van der Waals surface area contributed by atoms with Crippen LogP contribution in [0.5, 0.6) is 11.5 Å². The molecular formula is C74H82ClN11O7. The van der Waals surface area contributed by atoms with Crippen LogP contribution < -0.4 is 47.4 Å². The number of aromatic nitrogens is 2. The minimum atomic E-state index is -0.290. The molecule has 0 spiro atoms. The summed E-state index contributed by atoms with van der Waals surface area (Å²) in [5.41, 5.74) is 16.2. The van der Waals surface area contributed by atoms with Gasteiger partial charge in [-0.2, -0.15) is 0 Å². The standard InChI is InChI=1S/C21H22N4O2.C19H23N3O.C18H20N2O2.C16H17ClN2O2/c26-19-8-6-15(7-9-19)10-11-22-21(27)24-17-4-1-3-16(13-17)20-23-14-18-5-2-12-25(18)20;1-14-6-8-15(9-7-14)10-12-20-19(23)21-17-4-3-5-18-16(17)11-13-22(18)2;1-13-6-8-15(9-7-13)10-11-19-18(22)20-17-5-3-4-16(12-17)14(2)21;1-11-2-7-14(17)15(10-11)19-16(21)18-9-8-12-3-5-13(20)6-4-12/h1,3-4,6-9,13-14,26H,2,5,10-12H2,(H2,22,24,27);3-9H,10-13H2,1-2H3,(H2,20,21,23);3-9,12H,10-11H2,1-2H3,(H2,19,20,22);2-7,10,20H,8-9H2,1H3,(H2,18,19,21). The molecule has 0 saturated heterocycles. The van der Waals surface area contributed by atoms with Gasteiger partial charge in [-0.1, -0.05) is 132 Å². The van der Waals surface area contributed by atoms with Gasteiger partial charge < -0.3 is 62.2 Å². The number of imidazole rings is 1. The van der Waals surface area contributed by atoms with E-state index in [2.05, 4.69) is 126 Å². The van der Waals surface area contributed by atoms with Gasteiger partial charge in [0.2, 0.25) is 0 Å². The highest BCUT2D eigenvalue weighted by molar-refractivity contribution is 6.33. The number of carbonyl (C=O) groups excluding carboxylic acids is 5. The molecule has 0 atom stereocenters. The molecule has 0 saturated carbocycles. The molecule has 93 heavy (non-hydrogen) atoms. The molecule has 2 aliphatic rings. The Balaban J connectivity index is 0.000000160. The van der Waals surface area contributed by atoms with Crippen molar-refractivity contribution >= 4 is 69.9 Å². The number of likely N-dealkylation sites (N-methyl/N-ethyl adjacent to an activating group) is 1. The van der Waals surface area contributed by atoms with Crippen molar-refractivity contribution in [3.8, 4) is 22.9 Å². The maximum absolute atomic E-state index is 12.2. The number of rotatable bonds is 18. The van der Waals surface area contributed by atoms with Gasteiger partial charge in [0.05, 0.1) is 10.7 Å². The van der Waals surface area contributed by atoms with Gasteiger partial charge in [0, 0.05) is 97.6 Å². The molecule has 3 heterocycles. The Morgan fingerprint density at radius 3 is 1.48 bits per heavy atom. The molecule has 0 radical (unpaired) electrons. The number of hydrogen-bond donors (Lipinski definition) is 10. The molecule has 9 aromatic rings. The summed E-state index contributed by atoms with van der Waals surface area (Å²) in [5.74, 6) is 1.41. The van der Waals surface area contributed by atoms with Gasteiger partial charge in [-0.15, -0.1) is 0 Å². The number of anilines is 5. The van der Waals surface area contributed by atoms with Crippen molar-refractivity contribution in [1.82, 2.24) is 30.8 Å². The molecule has 1 aromatic heterocycles. The maximum Gasteiger partial charge on any atom is 0.319 e. The molecular weight excluding hydrogens is 1190 g/mol. The molecule has 2 aliphatic heterocycles. The number of hydrogen-bond acceptors (Lipinski definition) is 9. The number of benzene rings is 8.